The zero-order chi connectivity index (χ0) is 18.9. The first kappa shape index (κ1) is 20.9. The van der Waals surface area contributed by atoms with Crippen molar-refractivity contribution in [3.63, 3.8) is 0 Å². The summed E-state index contributed by atoms with van der Waals surface area (Å²) in [6, 6.07) is 8.88. The lowest BCUT2D eigenvalue weighted by Crippen LogP contribution is -2.49. The Morgan fingerprint density at radius 2 is 1.65 bits per heavy atom. The third-order valence-electron chi connectivity index (χ3n) is 4.87. The number of hydrogen-bond acceptors (Lipinski definition) is 3. The third-order valence-corrected chi connectivity index (χ3v) is 4.87. The zero-order valence-corrected chi connectivity index (χ0v) is 17.0. The number of nitrogens with zero attached hydrogens (tertiary/aromatic N) is 1. The number of carbonyl (C=O) groups is 1. The van der Waals surface area contributed by atoms with Crippen LogP contribution in [0.3, 0.4) is 0 Å². The summed E-state index contributed by atoms with van der Waals surface area (Å²) < 4.78 is 5.46. The molecule has 0 radical (unpaired) electrons. The molecule has 1 N–H and O–H groups in total. The molecular weight excluding hydrogens is 324 g/mol. The summed E-state index contributed by atoms with van der Waals surface area (Å²) in [5.74, 6) is 1.39. The molecule has 1 aliphatic heterocycles. The summed E-state index contributed by atoms with van der Waals surface area (Å²) in [6.07, 6.45) is 2.65. The largest absolute Gasteiger partial charge is 0.379 e. The van der Waals surface area contributed by atoms with E-state index in [0.29, 0.717) is 24.3 Å². The van der Waals surface area contributed by atoms with E-state index in [9.17, 15) is 4.79 Å². The normalized spacial score (nSPS) is 16.8. The molecule has 146 valence electrons. The van der Waals surface area contributed by atoms with E-state index >= 15 is 0 Å². The first-order valence-corrected chi connectivity index (χ1v) is 10.1. The highest BCUT2D eigenvalue weighted by atomic mass is 16.5. The van der Waals surface area contributed by atoms with Gasteiger partial charge in [0, 0.05) is 25.7 Å². The second-order valence-electron chi connectivity index (χ2n) is 8.33. The van der Waals surface area contributed by atoms with E-state index in [2.05, 4.69) is 62.2 Å². The SMILES string of the molecule is CC(C)Cc1ccc(CC(=O)NCC(CC(C)C)N2CCOCC2)cc1. The number of nitrogens with one attached hydrogen (secondary N) is 1. The van der Waals surface area contributed by atoms with Gasteiger partial charge in [-0.3, -0.25) is 9.69 Å². The summed E-state index contributed by atoms with van der Waals surface area (Å²) in [5, 5.41) is 3.16. The molecule has 1 saturated heterocycles. The van der Waals surface area contributed by atoms with Crippen molar-refractivity contribution in [2.45, 2.75) is 53.0 Å². The molecule has 2 rings (SSSR count). The smallest absolute Gasteiger partial charge is 0.224 e. The Kier molecular flexibility index (Phi) is 8.60. The van der Waals surface area contributed by atoms with E-state index in [4.69, 9.17) is 4.74 Å². The highest BCUT2D eigenvalue weighted by molar-refractivity contribution is 5.78. The van der Waals surface area contributed by atoms with Crippen LogP contribution in [0.2, 0.25) is 0 Å². The fourth-order valence-electron chi connectivity index (χ4n) is 3.59. The van der Waals surface area contributed by atoms with Crippen LogP contribution in [-0.2, 0) is 22.4 Å². The molecule has 1 aromatic carbocycles. The average molecular weight is 361 g/mol. The fraction of sp³-hybridized carbons (Fsp3) is 0.682. The predicted molar refractivity (Wildman–Crippen MR) is 107 cm³/mol. The Morgan fingerprint density at radius 1 is 1.04 bits per heavy atom. The van der Waals surface area contributed by atoms with Crippen molar-refractivity contribution in [1.82, 2.24) is 10.2 Å². The minimum Gasteiger partial charge on any atom is -0.379 e. The lowest BCUT2D eigenvalue weighted by Gasteiger charge is -2.35. The van der Waals surface area contributed by atoms with E-state index in [0.717, 1.165) is 51.3 Å². The molecule has 0 spiro atoms. The molecule has 1 fully saturated rings. The predicted octanol–water partition coefficient (Wildman–Crippen LogP) is 3.29. The Balaban J connectivity index is 1.82. The van der Waals surface area contributed by atoms with Gasteiger partial charge in [-0.2, -0.15) is 0 Å². The molecule has 1 heterocycles. The highest BCUT2D eigenvalue weighted by Crippen LogP contribution is 2.13. The van der Waals surface area contributed by atoms with Crippen LogP contribution in [0.15, 0.2) is 24.3 Å². The average Bonchev–Trinajstić information content (AvgIpc) is 2.60. The Hall–Kier alpha value is -1.39. The highest BCUT2D eigenvalue weighted by Gasteiger charge is 2.22. The Morgan fingerprint density at radius 3 is 2.23 bits per heavy atom. The number of morpholine rings is 1. The molecule has 0 saturated carbocycles. The van der Waals surface area contributed by atoms with Crippen LogP contribution in [0.25, 0.3) is 0 Å². The van der Waals surface area contributed by atoms with Gasteiger partial charge >= 0.3 is 0 Å². The van der Waals surface area contributed by atoms with Gasteiger partial charge in [-0.25, -0.2) is 0 Å². The van der Waals surface area contributed by atoms with Gasteiger partial charge < -0.3 is 10.1 Å². The Bertz CT molecular complexity index is 534. The molecule has 4 nitrogen and oxygen atoms in total. The van der Waals surface area contributed by atoms with Crippen LogP contribution in [0, 0.1) is 11.8 Å². The van der Waals surface area contributed by atoms with Crippen molar-refractivity contribution in [3.05, 3.63) is 35.4 Å². The minimum absolute atomic E-state index is 0.114. The molecule has 1 amide bonds. The minimum atomic E-state index is 0.114. The second-order valence-corrected chi connectivity index (χ2v) is 8.33. The van der Waals surface area contributed by atoms with Crippen LogP contribution in [0.4, 0.5) is 0 Å². The van der Waals surface area contributed by atoms with Crippen molar-refractivity contribution in [2.75, 3.05) is 32.8 Å². The van der Waals surface area contributed by atoms with Crippen molar-refractivity contribution in [1.29, 1.82) is 0 Å². The van der Waals surface area contributed by atoms with Gasteiger partial charge in [0.25, 0.3) is 0 Å². The van der Waals surface area contributed by atoms with Crippen LogP contribution >= 0.6 is 0 Å². The summed E-state index contributed by atoms with van der Waals surface area (Å²) in [4.78, 5) is 14.9. The summed E-state index contributed by atoms with van der Waals surface area (Å²) in [6.45, 7) is 13.2. The number of rotatable bonds is 9. The molecule has 1 unspecified atom stereocenters. The van der Waals surface area contributed by atoms with Gasteiger partial charge in [0.2, 0.25) is 5.91 Å². The van der Waals surface area contributed by atoms with E-state index in [1.165, 1.54) is 5.56 Å². The van der Waals surface area contributed by atoms with E-state index < -0.39 is 0 Å². The number of amides is 1. The number of carbonyl (C=O) groups excluding carboxylic acids is 1. The Labute approximate surface area is 159 Å². The maximum Gasteiger partial charge on any atom is 0.224 e. The lowest BCUT2D eigenvalue weighted by molar-refractivity contribution is -0.120. The molecular formula is C22H36N2O2. The van der Waals surface area contributed by atoms with Gasteiger partial charge in [-0.1, -0.05) is 52.0 Å². The molecule has 0 aliphatic carbocycles. The summed E-state index contributed by atoms with van der Waals surface area (Å²) in [5.41, 5.74) is 2.43. The molecule has 4 heteroatoms. The van der Waals surface area contributed by atoms with E-state index in [1.807, 2.05) is 0 Å². The van der Waals surface area contributed by atoms with Gasteiger partial charge in [-0.05, 0) is 35.8 Å². The molecule has 26 heavy (non-hydrogen) atoms. The van der Waals surface area contributed by atoms with Crippen LogP contribution in [0.5, 0.6) is 0 Å². The molecule has 0 aromatic heterocycles. The summed E-state index contributed by atoms with van der Waals surface area (Å²) >= 11 is 0. The monoisotopic (exact) mass is 360 g/mol. The van der Waals surface area contributed by atoms with E-state index in [1.54, 1.807) is 0 Å². The van der Waals surface area contributed by atoms with Crippen LogP contribution in [-0.4, -0.2) is 49.7 Å². The third kappa shape index (κ3) is 7.46. The topological polar surface area (TPSA) is 41.6 Å². The zero-order valence-electron chi connectivity index (χ0n) is 17.0. The first-order chi connectivity index (χ1) is 12.4. The van der Waals surface area contributed by atoms with Gasteiger partial charge in [0.1, 0.15) is 0 Å². The molecule has 0 bridgehead atoms. The molecule has 1 aromatic rings. The molecule has 1 atom stereocenters. The second kappa shape index (κ2) is 10.7. The maximum absolute atomic E-state index is 12.4. The van der Waals surface area contributed by atoms with Crippen molar-refractivity contribution in [2.24, 2.45) is 11.8 Å². The number of hydrogen-bond donors (Lipinski definition) is 1. The lowest BCUT2D eigenvalue weighted by atomic mass is 10.0. The maximum atomic E-state index is 12.4. The van der Waals surface area contributed by atoms with Crippen LogP contribution in [0.1, 0.15) is 45.2 Å². The standard InChI is InChI=1S/C22H36N2O2/c1-17(2)13-19-5-7-20(8-6-19)15-22(25)23-16-21(14-18(3)4)24-9-11-26-12-10-24/h5-8,17-18,21H,9-16H2,1-4H3,(H,23,25). The number of ether oxygens (including phenoxy) is 1. The van der Waals surface area contributed by atoms with Gasteiger partial charge in [0.05, 0.1) is 19.6 Å². The van der Waals surface area contributed by atoms with Crippen molar-refractivity contribution in [3.8, 4) is 0 Å². The van der Waals surface area contributed by atoms with Gasteiger partial charge in [0.15, 0.2) is 0 Å². The number of benzene rings is 1. The van der Waals surface area contributed by atoms with Gasteiger partial charge in [-0.15, -0.1) is 0 Å². The van der Waals surface area contributed by atoms with E-state index in [-0.39, 0.29) is 5.91 Å². The van der Waals surface area contributed by atoms with Crippen molar-refractivity contribution < 1.29 is 9.53 Å². The first-order valence-electron chi connectivity index (χ1n) is 10.1. The quantitative estimate of drug-likeness (QED) is 0.735. The fourth-order valence-corrected chi connectivity index (χ4v) is 3.59. The van der Waals surface area contributed by atoms with Crippen molar-refractivity contribution >= 4 is 5.91 Å². The summed E-state index contributed by atoms with van der Waals surface area (Å²) in [7, 11) is 0. The van der Waals surface area contributed by atoms with Crippen LogP contribution < -0.4 is 5.32 Å². The molecule has 1 aliphatic rings.